The van der Waals surface area contributed by atoms with Gasteiger partial charge in [-0.1, -0.05) is 22.0 Å². The first-order valence-electron chi connectivity index (χ1n) is 9.26. The SMILES string of the molecule is CN(C)CCCCC(=O)Nc1ccc(NC(=S)NC(=O)c2cccc(Br)c2)cc1.Cl. The number of thiocarbonyl (C=S) groups is 1. The molecule has 0 aliphatic carbocycles. The van der Waals surface area contributed by atoms with Crippen LogP contribution < -0.4 is 16.0 Å². The van der Waals surface area contributed by atoms with Crippen molar-refractivity contribution in [3.63, 3.8) is 0 Å². The first-order chi connectivity index (χ1) is 13.8. The topological polar surface area (TPSA) is 73.5 Å². The average molecular weight is 514 g/mol. The van der Waals surface area contributed by atoms with Gasteiger partial charge in [0.2, 0.25) is 5.91 Å². The van der Waals surface area contributed by atoms with Crippen molar-refractivity contribution in [1.29, 1.82) is 0 Å². The molecule has 0 atom stereocenters. The third-order valence-corrected chi connectivity index (χ3v) is 4.70. The van der Waals surface area contributed by atoms with E-state index in [-0.39, 0.29) is 29.3 Å². The van der Waals surface area contributed by atoms with Crippen LogP contribution in [0.25, 0.3) is 0 Å². The molecule has 6 nitrogen and oxygen atoms in total. The van der Waals surface area contributed by atoms with Crippen molar-refractivity contribution in [2.24, 2.45) is 0 Å². The molecule has 0 fully saturated rings. The molecule has 0 aromatic heterocycles. The number of amides is 2. The number of anilines is 2. The van der Waals surface area contributed by atoms with Gasteiger partial charge in [-0.15, -0.1) is 12.4 Å². The number of hydrogen-bond donors (Lipinski definition) is 3. The lowest BCUT2D eigenvalue weighted by Gasteiger charge is -2.11. The van der Waals surface area contributed by atoms with Gasteiger partial charge in [0.1, 0.15) is 0 Å². The van der Waals surface area contributed by atoms with Gasteiger partial charge in [0, 0.05) is 27.8 Å². The van der Waals surface area contributed by atoms with Crippen molar-refractivity contribution in [3.05, 3.63) is 58.6 Å². The molecule has 2 rings (SSSR count). The van der Waals surface area contributed by atoms with Crippen molar-refractivity contribution >= 4 is 68.9 Å². The zero-order valence-corrected chi connectivity index (χ0v) is 20.1. The van der Waals surface area contributed by atoms with Crippen LogP contribution in [0.1, 0.15) is 29.6 Å². The lowest BCUT2D eigenvalue weighted by atomic mass is 10.2. The molecule has 9 heteroatoms. The van der Waals surface area contributed by atoms with Gasteiger partial charge in [-0.05, 0) is 88.2 Å². The van der Waals surface area contributed by atoms with Crippen LogP contribution in [0.5, 0.6) is 0 Å². The third-order valence-electron chi connectivity index (χ3n) is 4.00. The Hall–Kier alpha value is -2.00. The highest BCUT2D eigenvalue weighted by molar-refractivity contribution is 9.10. The molecule has 0 spiro atoms. The van der Waals surface area contributed by atoms with Crippen LogP contribution in [-0.4, -0.2) is 42.5 Å². The summed E-state index contributed by atoms with van der Waals surface area (Å²) >= 11 is 8.53. The molecule has 0 saturated heterocycles. The Labute approximate surface area is 197 Å². The van der Waals surface area contributed by atoms with Gasteiger partial charge < -0.3 is 15.5 Å². The fourth-order valence-corrected chi connectivity index (χ4v) is 3.15. The molecule has 0 aliphatic heterocycles. The minimum atomic E-state index is -0.290. The normalized spacial score (nSPS) is 10.1. The van der Waals surface area contributed by atoms with Gasteiger partial charge >= 0.3 is 0 Å². The zero-order chi connectivity index (χ0) is 21.2. The number of hydrogen-bond acceptors (Lipinski definition) is 4. The number of nitrogens with one attached hydrogen (secondary N) is 3. The maximum atomic E-state index is 12.2. The molecule has 30 heavy (non-hydrogen) atoms. The Morgan fingerprint density at radius 2 is 1.63 bits per heavy atom. The number of carbonyl (C=O) groups excluding carboxylic acids is 2. The van der Waals surface area contributed by atoms with Gasteiger partial charge in [0.15, 0.2) is 5.11 Å². The second-order valence-electron chi connectivity index (χ2n) is 6.80. The molecule has 0 saturated carbocycles. The van der Waals surface area contributed by atoms with Crippen LogP contribution >= 0.6 is 40.6 Å². The van der Waals surface area contributed by atoms with E-state index in [1.165, 1.54) is 0 Å². The van der Waals surface area contributed by atoms with E-state index in [1.807, 2.05) is 20.2 Å². The lowest BCUT2D eigenvalue weighted by Crippen LogP contribution is -2.34. The second kappa shape index (κ2) is 13.3. The number of halogens is 2. The Morgan fingerprint density at radius 3 is 2.23 bits per heavy atom. The standard InChI is InChI=1S/C21H25BrN4O2S.ClH/c1-26(2)13-4-3-8-19(27)23-17-9-11-18(12-10-17)24-21(29)25-20(28)15-6-5-7-16(22)14-15;/h5-7,9-12,14H,3-4,8,13H2,1-2H3,(H,23,27)(H2,24,25,28,29);1H. The molecule has 0 bridgehead atoms. The first kappa shape index (κ1) is 26.0. The summed E-state index contributed by atoms with van der Waals surface area (Å²) in [4.78, 5) is 26.3. The molecule has 2 aromatic carbocycles. The van der Waals surface area contributed by atoms with E-state index in [4.69, 9.17) is 12.2 Å². The minimum Gasteiger partial charge on any atom is -0.332 e. The summed E-state index contributed by atoms with van der Waals surface area (Å²) in [7, 11) is 4.04. The molecule has 0 heterocycles. The van der Waals surface area contributed by atoms with E-state index in [9.17, 15) is 9.59 Å². The highest BCUT2D eigenvalue weighted by Crippen LogP contribution is 2.15. The molecule has 2 aromatic rings. The Kier molecular flexibility index (Phi) is 11.6. The van der Waals surface area contributed by atoms with Crippen molar-refractivity contribution in [1.82, 2.24) is 10.2 Å². The van der Waals surface area contributed by atoms with Crippen molar-refractivity contribution in [2.75, 3.05) is 31.3 Å². The summed E-state index contributed by atoms with van der Waals surface area (Å²) in [5.74, 6) is -0.289. The average Bonchev–Trinajstić information content (AvgIpc) is 2.66. The molecule has 3 N–H and O–H groups in total. The van der Waals surface area contributed by atoms with Crippen molar-refractivity contribution < 1.29 is 9.59 Å². The fourth-order valence-electron chi connectivity index (χ4n) is 2.54. The predicted octanol–water partition coefficient (Wildman–Crippen LogP) is 4.67. The maximum absolute atomic E-state index is 12.2. The van der Waals surface area contributed by atoms with Gasteiger partial charge in [-0.2, -0.15) is 0 Å². The summed E-state index contributed by atoms with van der Waals surface area (Å²) in [6, 6.07) is 14.2. The van der Waals surface area contributed by atoms with Crippen molar-refractivity contribution in [2.45, 2.75) is 19.3 Å². The summed E-state index contributed by atoms with van der Waals surface area (Å²) in [6.45, 7) is 0.978. The number of unbranched alkanes of at least 4 members (excludes halogenated alkanes) is 1. The predicted molar refractivity (Wildman–Crippen MR) is 133 cm³/mol. The minimum absolute atomic E-state index is 0. The van der Waals surface area contributed by atoms with E-state index in [1.54, 1.807) is 42.5 Å². The second-order valence-corrected chi connectivity index (χ2v) is 8.13. The Morgan fingerprint density at radius 1 is 1.00 bits per heavy atom. The van der Waals surface area contributed by atoms with Crippen LogP contribution in [0, 0.1) is 0 Å². The highest BCUT2D eigenvalue weighted by atomic mass is 79.9. The molecular weight excluding hydrogens is 488 g/mol. The number of benzene rings is 2. The Balaban J connectivity index is 0.00000450. The van der Waals surface area contributed by atoms with E-state index in [0.29, 0.717) is 17.7 Å². The van der Waals surface area contributed by atoms with Crippen molar-refractivity contribution in [3.8, 4) is 0 Å². The van der Waals surface area contributed by atoms with Gasteiger partial charge in [-0.3, -0.25) is 14.9 Å². The van der Waals surface area contributed by atoms with E-state index in [2.05, 4.69) is 36.8 Å². The quantitative estimate of drug-likeness (QED) is 0.353. The van der Waals surface area contributed by atoms with Gasteiger partial charge in [-0.25, -0.2) is 0 Å². The molecule has 0 aliphatic rings. The van der Waals surface area contributed by atoms with E-state index in [0.717, 1.165) is 29.5 Å². The van der Waals surface area contributed by atoms with Gasteiger partial charge in [0.05, 0.1) is 0 Å². The van der Waals surface area contributed by atoms with E-state index < -0.39 is 0 Å². The summed E-state index contributed by atoms with van der Waals surface area (Å²) in [6.07, 6.45) is 2.35. The van der Waals surface area contributed by atoms with Crippen LogP contribution in [-0.2, 0) is 4.79 Å². The Bertz CT molecular complexity index is 862. The maximum Gasteiger partial charge on any atom is 0.257 e. The van der Waals surface area contributed by atoms with Crippen LogP contribution in [0.3, 0.4) is 0 Å². The number of carbonyl (C=O) groups is 2. The molecule has 0 radical (unpaired) electrons. The first-order valence-corrected chi connectivity index (χ1v) is 10.5. The van der Waals surface area contributed by atoms with Crippen LogP contribution in [0.15, 0.2) is 53.0 Å². The lowest BCUT2D eigenvalue weighted by molar-refractivity contribution is -0.116. The summed E-state index contributed by atoms with van der Waals surface area (Å²) < 4.78 is 0.819. The van der Waals surface area contributed by atoms with E-state index >= 15 is 0 Å². The summed E-state index contributed by atoms with van der Waals surface area (Å²) in [5, 5.41) is 8.69. The monoisotopic (exact) mass is 512 g/mol. The smallest absolute Gasteiger partial charge is 0.257 e. The third kappa shape index (κ3) is 9.67. The van der Waals surface area contributed by atoms with Crippen LogP contribution in [0.2, 0.25) is 0 Å². The number of nitrogens with zero attached hydrogens (tertiary/aromatic N) is 1. The fraction of sp³-hybridized carbons (Fsp3) is 0.286. The molecule has 2 amide bonds. The molecular formula is C21H26BrClN4O2S. The molecule has 0 unspecified atom stereocenters. The number of rotatable bonds is 8. The molecule has 162 valence electrons. The largest absolute Gasteiger partial charge is 0.332 e. The highest BCUT2D eigenvalue weighted by Gasteiger charge is 2.08. The summed E-state index contributed by atoms with van der Waals surface area (Å²) in [5.41, 5.74) is 1.94. The zero-order valence-electron chi connectivity index (χ0n) is 16.9. The van der Waals surface area contributed by atoms with Crippen LogP contribution in [0.4, 0.5) is 11.4 Å². The van der Waals surface area contributed by atoms with Gasteiger partial charge in [0.25, 0.3) is 5.91 Å².